The van der Waals surface area contributed by atoms with Crippen LogP contribution in [0.15, 0.2) is 49.6 Å². The van der Waals surface area contributed by atoms with Crippen LogP contribution in [0.25, 0.3) is 0 Å². The van der Waals surface area contributed by atoms with Gasteiger partial charge >= 0.3 is 0 Å². The van der Waals surface area contributed by atoms with E-state index < -0.39 is 0 Å². The number of allylic oxidation sites excluding steroid dienone is 6. The van der Waals surface area contributed by atoms with Gasteiger partial charge in [0.1, 0.15) is 0 Å². The SMILES string of the molecule is C/C=C/C1CCC(C2CCC(/C=C/C)CC2)CC1.C=CC1CCC(C2CCC(C=C)CC2)CC1.[HH].[HH].[HH].[HH]. The summed E-state index contributed by atoms with van der Waals surface area (Å²) in [7, 11) is 0. The van der Waals surface area contributed by atoms with Gasteiger partial charge in [-0.1, -0.05) is 36.5 Å². The standard InChI is InChI=1S/C18H30.C16H26.4H2/c1-3-5-15-7-11-17(12-8-15)18-13-9-16(6-4-2)10-14-18;1-3-13-5-9-15(10-6-13)16-11-7-14(4-2)8-12-16;;;;/h3-6,15-18H,7-14H2,1-2H3;3-4,13-16H,1-2,5-12H2;4*1H/b5-3+,6-4+;;;;;. The monoisotopic (exact) mass is 473 g/mol. The Kier molecular flexibility index (Phi) is 12.3. The van der Waals surface area contributed by atoms with Gasteiger partial charge in [0.2, 0.25) is 0 Å². The van der Waals surface area contributed by atoms with E-state index in [9.17, 15) is 0 Å². The average Bonchev–Trinajstić information content (AvgIpc) is 2.90. The number of hydrogen-bond donors (Lipinski definition) is 0. The zero-order valence-electron chi connectivity index (χ0n) is 22.8. The quantitative estimate of drug-likeness (QED) is 0.337. The van der Waals surface area contributed by atoms with Crippen molar-refractivity contribution in [1.29, 1.82) is 0 Å². The van der Waals surface area contributed by atoms with Crippen molar-refractivity contribution >= 4 is 0 Å². The zero-order chi connectivity index (χ0) is 24.2. The third kappa shape index (κ3) is 8.57. The van der Waals surface area contributed by atoms with Crippen LogP contribution >= 0.6 is 0 Å². The lowest BCUT2D eigenvalue weighted by molar-refractivity contribution is 0.166. The zero-order valence-corrected chi connectivity index (χ0v) is 22.8. The van der Waals surface area contributed by atoms with Crippen LogP contribution in [-0.4, -0.2) is 0 Å². The molecule has 0 atom stereocenters. The van der Waals surface area contributed by atoms with Crippen LogP contribution in [0.2, 0.25) is 0 Å². The topological polar surface area (TPSA) is 0 Å². The Morgan fingerprint density at radius 2 is 0.647 bits per heavy atom. The van der Waals surface area contributed by atoms with Gasteiger partial charge in [-0.05, 0) is 164 Å². The summed E-state index contributed by atoms with van der Waals surface area (Å²) < 4.78 is 0. The van der Waals surface area contributed by atoms with Gasteiger partial charge in [0.05, 0.1) is 0 Å². The molecule has 4 saturated carbocycles. The van der Waals surface area contributed by atoms with E-state index in [1.165, 1.54) is 103 Å². The summed E-state index contributed by atoms with van der Waals surface area (Å²) in [6, 6.07) is 0. The molecular weight excluding hydrogens is 408 g/mol. The molecule has 4 rings (SSSR count). The first-order valence-electron chi connectivity index (χ1n) is 15.2. The minimum atomic E-state index is 0. The summed E-state index contributed by atoms with van der Waals surface area (Å²) in [5.41, 5.74) is 0. The van der Waals surface area contributed by atoms with E-state index in [2.05, 4.69) is 63.5 Å². The van der Waals surface area contributed by atoms with Crippen molar-refractivity contribution in [3.8, 4) is 0 Å². The molecule has 0 heteroatoms. The van der Waals surface area contributed by atoms with Crippen LogP contribution in [0.1, 0.15) is 122 Å². The predicted molar refractivity (Wildman–Crippen MR) is 160 cm³/mol. The van der Waals surface area contributed by atoms with Crippen LogP contribution in [0.4, 0.5) is 0 Å². The highest BCUT2D eigenvalue weighted by atomic mass is 14.4. The summed E-state index contributed by atoms with van der Waals surface area (Å²) in [6.07, 6.45) is 36.9. The van der Waals surface area contributed by atoms with Crippen molar-refractivity contribution in [3.63, 3.8) is 0 Å². The van der Waals surface area contributed by atoms with E-state index in [1.54, 1.807) is 0 Å². The Bertz CT molecular complexity index is 569. The van der Waals surface area contributed by atoms with Gasteiger partial charge in [-0.2, -0.15) is 0 Å². The van der Waals surface area contributed by atoms with Gasteiger partial charge in [0.15, 0.2) is 0 Å². The number of rotatable bonds is 6. The maximum Gasteiger partial charge on any atom is 0 e. The highest BCUT2D eigenvalue weighted by Crippen LogP contribution is 2.43. The summed E-state index contributed by atoms with van der Waals surface area (Å²) in [5.74, 6) is 7.60. The fourth-order valence-electron chi connectivity index (χ4n) is 7.87. The minimum Gasteiger partial charge on any atom is -0.103 e. The highest BCUT2D eigenvalue weighted by molar-refractivity contribution is 4.93. The number of hydrogen-bond acceptors (Lipinski definition) is 0. The maximum absolute atomic E-state index is 3.93. The van der Waals surface area contributed by atoms with Gasteiger partial charge in [-0.25, -0.2) is 0 Å². The first kappa shape index (κ1) is 27.5. The third-order valence-corrected chi connectivity index (χ3v) is 10.2. The Balaban J connectivity index is 0. The molecule has 0 aliphatic heterocycles. The minimum absolute atomic E-state index is 0. The lowest BCUT2D eigenvalue weighted by Gasteiger charge is -2.36. The van der Waals surface area contributed by atoms with E-state index in [-0.39, 0.29) is 5.71 Å². The molecule has 0 bridgehead atoms. The van der Waals surface area contributed by atoms with Crippen LogP contribution in [0.3, 0.4) is 0 Å². The summed E-state index contributed by atoms with van der Waals surface area (Å²) in [6.45, 7) is 12.2. The van der Waals surface area contributed by atoms with Crippen molar-refractivity contribution in [2.45, 2.75) is 117 Å². The lowest BCUT2D eigenvalue weighted by atomic mass is 9.69. The molecule has 4 fully saturated rings. The van der Waals surface area contributed by atoms with E-state index in [0.29, 0.717) is 0 Å². The van der Waals surface area contributed by atoms with Crippen molar-refractivity contribution in [2.24, 2.45) is 47.3 Å². The third-order valence-electron chi connectivity index (χ3n) is 10.2. The van der Waals surface area contributed by atoms with E-state index in [0.717, 1.165) is 47.3 Å². The van der Waals surface area contributed by atoms with Crippen LogP contribution < -0.4 is 0 Å². The maximum atomic E-state index is 3.93. The molecule has 34 heavy (non-hydrogen) atoms. The molecule has 0 unspecified atom stereocenters. The van der Waals surface area contributed by atoms with Gasteiger partial charge < -0.3 is 0 Å². The molecule has 0 aromatic carbocycles. The molecule has 0 spiro atoms. The molecule has 0 amide bonds. The summed E-state index contributed by atoms with van der Waals surface area (Å²) in [4.78, 5) is 0. The molecule has 0 radical (unpaired) electrons. The predicted octanol–water partition coefficient (Wildman–Crippen LogP) is 11.7. The van der Waals surface area contributed by atoms with Crippen molar-refractivity contribution in [2.75, 3.05) is 0 Å². The van der Waals surface area contributed by atoms with Crippen LogP contribution in [0, 0.1) is 47.3 Å². The lowest BCUT2D eigenvalue weighted by Crippen LogP contribution is -2.25. The van der Waals surface area contributed by atoms with Crippen LogP contribution in [-0.2, 0) is 0 Å². The molecule has 0 N–H and O–H groups in total. The van der Waals surface area contributed by atoms with Gasteiger partial charge in [-0.15, -0.1) is 13.2 Å². The molecule has 0 heterocycles. The first-order valence-corrected chi connectivity index (χ1v) is 15.2. The fourth-order valence-corrected chi connectivity index (χ4v) is 7.87. The van der Waals surface area contributed by atoms with E-state index in [1.807, 2.05) is 0 Å². The molecule has 0 saturated heterocycles. The normalized spacial score (nSPS) is 39.4. The second-order valence-corrected chi connectivity index (χ2v) is 12.2. The summed E-state index contributed by atoms with van der Waals surface area (Å²) >= 11 is 0. The highest BCUT2D eigenvalue weighted by Gasteiger charge is 2.30. The smallest absolute Gasteiger partial charge is 0 e. The van der Waals surface area contributed by atoms with Crippen molar-refractivity contribution in [1.82, 2.24) is 0 Å². The van der Waals surface area contributed by atoms with Crippen molar-refractivity contribution < 1.29 is 5.71 Å². The van der Waals surface area contributed by atoms with Gasteiger partial charge in [0.25, 0.3) is 0 Å². The second-order valence-electron chi connectivity index (χ2n) is 12.2. The van der Waals surface area contributed by atoms with E-state index >= 15 is 0 Å². The molecule has 0 aromatic heterocycles. The Labute approximate surface area is 219 Å². The summed E-state index contributed by atoms with van der Waals surface area (Å²) in [5, 5.41) is 0. The van der Waals surface area contributed by atoms with Crippen LogP contribution in [0.5, 0.6) is 0 Å². The fraction of sp³-hybridized carbons (Fsp3) is 0.765. The Hall–Kier alpha value is -1.04. The van der Waals surface area contributed by atoms with Crippen molar-refractivity contribution in [3.05, 3.63) is 49.6 Å². The molecular formula is C34H64. The molecule has 4 aliphatic carbocycles. The second kappa shape index (κ2) is 15.2. The van der Waals surface area contributed by atoms with Gasteiger partial charge in [-0.3, -0.25) is 0 Å². The first-order chi connectivity index (χ1) is 16.7. The largest absolute Gasteiger partial charge is 0.103 e. The Morgan fingerprint density at radius 3 is 0.853 bits per heavy atom. The van der Waals surface area contributed by atoms with Gasteiger partial charge in [0, 0.05) is 5.71 Å². The molecule has 0 aromatic rings. The molecule has 4 aliphatic rings. The average molecular weight is 473 g/mol. The van der Waals surface area contributed by atoms with E-state index in [4.69, 9.17) is 0 Å². The molecule has 200 valence electrons. The Morgan fingerprint density at radius 1 is 0.412 bits per heavy atom. The molecule has 0 nitrogen and oxygen atoms in total.